The van der Waals surface area contributed by atoms with E-state index in [2.05, 4.69) is 5.32 Å². The van der Waals surface area contributed by atoms with E-state index in [1.165, 1.54) is 25.0 Å². The van der Waals surface area contributed by atoms with E-state index in [1.807, 2.05) is 0 Å². The van der Waals surface area contributed by atoms with Crippen LogP contribution in [0.1, 0.15) is 19.3 Å². The lowest BCUT2D eigenvalue weighted by molar-refractivity contribution is -0.385. The molecule has 1 fully saturated rings. The highest BCUT2D eigenvalue weighted by Gasteiger charge is 2.20. The molecule has 19 heavy (non-hydrogen) atoms. The van der Waals surface area contributed by atoms with Crippen molar-refractivity contribution < 1.29 is 9.66 Å². The first-order chi connectivity index (χ1) is 9.08. The summed E-state index contributed by atoms with van der Waals surface area (Å²) in [6, 6.07) is 3.25. The second kappa shape index (κ2) is 6.41. The maximum atomic E-state index is 10.9. The van der Waals surface area contributed by atoms with Gasteiger partial charge in [-0.3, -0.25) is 10.1 Å². The molecule has 0 unspecified atom stereocenters. The zero-order chi connectivity index (χ0) is 13.8. The van der Waals surface area contributed by atoms with Gasteiger partial charge >= 0.3 is 5.69 Å². The van der Waals surface area contributed by atoms with E-state index in [9.17, 15) is 10.1 Å². The Bertz CT molecular complexity index is 478. The summed E-state index contributed by atoms with van der Waals surface area (Å²) in [5.41, 5.74) is -0.162. The Kier molecular flexibility index (Phi) is 4.85. The molecular formula is C12H14Cl2N2O3. The number of hydrogen-bond donors (Lipinski definition) is 1. The quantitative estimate of drug-likeness (QED) is 0.476. The minimum atomic E-state index is -0.528. The largest absolute Gasteiger partial charge is 0.487 e. The third-order valence-corrected chi connectivity index (χ3v) is 3.51. The van der Waals surface area contributed by atoms with E-state index in [1.54, 1.807) is 0 Å². The third-order valence-electron chi connectivity index (χ3n) is 2.79. The molecule has 0 aliphatic heterocycles. The summed E-state index contributed by atoms with van der Waals surface area (Å²) in [4.78, 5) is 10.4. The van der Waals surface area contributed by atoms with E-state index >= 15 is 0 Å². The van der Waals surface area contributed by atoms with Crippen molar-refractivity contribution in [2.75, 3.05) is 13.2 Å². The van der Waals surface area contributed by atoms with Gasteiger partial charge in [0, 0.05) is 18.2 Å². The van der Waals surface area contributed by atoms with Crippen molar-refractivity contribution in [2.45, 2.75) is 25.3 Å². The molecule has 0 spiro atoms. The average Bonchev–Trinajstić information content (AvgIpc) is 3.16. The number of nitrogens with zero attached hydrogens (tertiary/aromatic N) is 1. The Morgan fingerprint density at radius 2 is 2.05 bits per heavy atom. The first-order valence-corrected chi connectivity index (χ1v) is 6.83. The summed E-state index contributed by atoms with van der Waals surface area (Å²) in [5, 5.41) is 14.6. The Morgan fingerprint density at radius 3 is 2.68 bits per heavy atom. The standard InChI is InChI=1S/C12H14Cl2N2O3/c13-9-6-11(16(17)18)12(7-10(9)14)19-5-1-4-15-8-2-3-8/h6-8,15H,1-5H2. The van der Waals surface area contributed by atoms with E-state index in [0.29, 0.717) is 12.6 Å². The molecule has 0 aromatic heterocycles. The number of nitro groups is 1. The molecule has 0 heterocycles. The number of nitro benzene ring substituents is 1. The number of benzene rings is 1. The minimum Gasteiger partial charge on any atom is -0.487 e. The van der Waals surface area contributed by atoms with Crippen LogP contribution < -0.4 is 10.1 Å². The van der Waals surface area contributed by atoms with Crippen LogP contribution >= 0.6 is 23.2 Å². The molecule has 1 saturated carbocycles. The van der Waals surface area contributed by atoms with E-state index < -0.39 is 4.92 Å². The first-order valence-electron chi connectivity index (χ1n) is 6.07. The van der Waals surface area contributed by atoms with Crippen molar-refractivity contribution in [3.63, 3.8) is 0 Å². The van der Waals surface area contributed by atoms with Crippen LogP contribution in [0.5, 0.6) is 5.75 Å². The lowest BCUT2D eigenvalue weighted by Crippen LogP contribution is -2.19. The van der Waals surface area contributed by atoms with E-state index in [-0.39, 0.29) is 21.5 Å². The minimum absolute atomic E-state index is 0.149. The van der Waals surface area contributed by atoms with E-state index in [4.69, 9.17) is 27.9 Å². The van der Waals surface area contributed by atoms with Crippen LogP contribution in [-0.4, -0.2) is 24.1 Å². The van der Waals surface area contributed by atoms with Crippen molar-refractivity contribution in [1.82, 2.24) is 5.32 Å². The van der Waals surface area contributed by atoms with Crippen molar-refractivity contribution in [2.24, 2.45) is 0 Å². The van der Waals surface area contributed by atoms with Gasteiger partial charge in [-0.05, 0) is 25.8 Å². The lowest BCUT2D eigenvalue weighted by atomic mass is 10.3. The Labute approximate surface area is 121 Å². The normalized spacial score (nSPS) is 14.4. The molecule has 0 atom stereocenters. The van der Waals surface area contributed by atoms with Crippen LogP contribution in [0.15, 0.2) is 12.1 Å². The van der Waals surface area contributed by atoms with E-state index in [0.717, 1.165) is 13.0 Å². The molecule has 0 bridgehead atoms. The topological polar surface area (TPSA) is 64.4 Å². The summed E-state index contributed by atoms with van der Waals surface area (Å²) in [5.74, 6) is 0.158. The van der Waals surface area contributed by atoms with Gasteiger partial charge in [0.05, 0.1) is 21.6 Å². The molecule has 1 aliphatic rings. The van der Waals surface area contributed by atoms with Gasteiger partial charge in [-0.25, -0.2) is 0 Å². The Morgan fingerprint density at radius 1 is 1.37 bits per heavy atom. The summed E-state index contributed by atoms with van der Waals surface area (Å²) in [7, 11) is 0. The monoisotopic (exact) mass is 304 g/mol. The van der Waals surface area contributed by atoms with Gasteiger partial charge in [0.25, 0.3) is 0 Å². The molecule has 0 amide bonds. The molecule has 1 aromatic carbocycles. The van der Waals surface area contributed by atoms with Crippen molar-refractivity contribution in [3.8, 4) is 5.75 Å². The van der Waals surface area contributed by atoms with Crippen molar-refractivity contribution >= 4 is 28.9 Å². The molecule has 0 radical (unpaired) electrons. The fourth-order valence-electron chi connectivity index (χ4n) is 1.62. The SMILES string of the molecule is O=[N+]([O-])c1cc(Cl)c(Cl)cc1OCCCNC1CC1. The Hall–Kier alpha value is -1.04. The average molecular weight is 305 g/mol. The maximum absolute atomic E-state index is 10.9. The van der Waals surface area contributed by atoms with Crippen LogP contribution in [0.2, 0.25) is 10.0 Å². The molecule has 1 N–H and O–H groups in total. The molecule has 7 heteroatoms. The smallest absolute Gasteiger partial charge is 0.312 e. The Balaban J connectivity index is 1.89. The predicted octanol–water partition coefficient (Wildman–Crippen LogP) is 3.42. The number of rotatable bonds is 7. The highest BCUT2D eigenvalue weighted by Crippen LogP contribution is 2.35. The van der Waals surface area contributed by atoms with Gasteiger partial charge in [-0.2, -0.15) is 0 Å². The molecule has 104 valence electrons. The van der Waals surface area contributed by atoms with Crippen LogP contribution in [0, 0.1) is 10.1 Å². The number of hydrogen-bond acceptors (Lipinski definition) is 4. The highest BCUT2D eigenvalue weighted by molar-refractivity contribution is 6.42. The molecule has 5 nitrogen and oxygen atoms in total. The number of ether oxygens (including phenoxy) is 1. The number of nitrogens with one attached hydrogen (secondary N) is 1. The zero-order valence-electron chi connectivity index (χ0n) is 10.2. The van der Waals surface area contributed by atoms with Crippen molar-refractivity contribution in [1.29, 1.82) is 0 Å². The van der Waals surface area contributed by atoms with Gasteiger partial charge in [-0.1, -0.05) is 23.2 Å². The summed E-state index contributed by atoms with van der Waals surface area (Å²) < 4.78 is 5.41. The maximum Gasteiger partial charge on any atom is 0.312 e. The lowest BCUT2D eigenvalue weighted by Gasteiger charge is -2.08. The van der Waals surface area contributed by atoms with Gasteiger partial charge < -0.3 is 10.1 Å². The first kappa shape index (κ1) is 14.4. The van der Waals surface area contributed by atoms with Crippen molar-refractivity contribution in [3.05, 3.63) is 32.3 Å². The second-order valence-corrected chi connectivity index (χ2v) is 5.24. The summed E-state index contributed by atoms with van der Waals surface area (Å²) >= 11 is 11.6. The summed E-state index contributed by atoms with van der Waals surface area (Å²) in [6.07, 6.45) is 3.26. The van der Waals surface area contributed by atoms with Gasteiger partial charge in [-0.15, -0.1) is 0 Å². The molecule has 0 saturated heterocycles. The fraction of sp³-hybridized carbons (Fsp3) is 0.500. The molecule has 1 aliphatic carbocycles. The van der Waals surface area contributed by atoms with Gasteiger partial charge in [0.2, 0.25) is 0 Å². The zero-order valence-corrected chi connectivity index (χ0v) is 11.7. The molecular weight excluding hydrogens is 291 g/mol. The van der Waals surface area contributed by atoms with Gasteiger partial charge in [0.15, 0.2) is 5.75 Å². The number of halogens is 2. The molecule has 2 rings (SSSR count). The predicted molar refractivity (Wildman–Crippen MR) is 74.3 cm³/mol. The van der Waals surface area contributed by atoms with Crippen LogP contribution in [0.4, 0.5) is 5.69 Å². The fourth-order valence-corrected chi connectivity index (χ4v) is 1.94. The summed E-state index contributed by atoms with van der Waals surface area (Å²) in [6.45, 7) is 1.25. The third kappa shape index (κ3) is 4.23. The highest BCUT2D eigenvalue weighted by atomic mass is 35.5. The second-order valence-electron chi connectivity index (χ2n) is 4.42. The van der Waals surface area contributed by atoms with Crippen LogP contribution in [-0.2, 0) is 0 Å². The van der Waals surface area contributed by atoms with Crippen LogP contribution in [0.3, 0.4) is 0 Å². The molecule has 1 aromatic rings. The van der Waals surface area contributed by atoms with Crippen LogP contribution in [0.25, 0.3) is 0 Å². The van der Waals surface area contributed by atoms with Gasteiger partial charge in [0.1, 0.15) is 0 Å².